The quantitative estimate of drug-likeness (QED) is 0.690. The molecule has 0 fully saturated rings. The van der Waals surface area contributed by atoms with Crippen LogP contribution < -0.4 is 4.74 Å². The smallest absolute Gasteiger partial charge is 0.133 e. The molecule has 0 aliphatic carbocycles. The van der Waals surface area contributed by atoms with Crippen LogP contribution in [0, 0.1) is 5.82 Å². The van der Waals surface area contributed by atoms with E-state index in [9.17, 15) is 4.39 Å². The van der Waals surface area contributed by atoms with E-state index in [4.69, 9.17) is 16.3 Å². The highest BCUT2D eigenvalue weighted by Crippen LogP contribution is 2.28. The first-order valence-electron chi connectivity index (χ1n) is 5.79. The summed E-state index contributed by atoms with van der Waals surface area (Å²) in [5, 5.41) is 2.01. The second kappa shape index (κ2) is 6.21. The Morgan fingerprint density at radius 2 is 2.22 bits per heavy atom. The number of hydrogen-bond acceptors (Lipinski definition) is 2. The molecule has 1 atom stereocenters. The van der Waals surface area contributed by atoms with Crippen LogP contribution in [0.25, 0.3) is 0 Å². The van der Waals surface area contributed by atoms with Crippen LogP contribution in [0.5, 0.6) is 5.75 Å². The van der Waals surface area contributed by atoms with Crippen molar-refractivity contribution in [1.82, 2.24) is 0 Å². The standard InChI is InChI=1S/C14H14ClFOS/c1-2-13(14-4-3-7-18-14)17-11-6-5-10(9-15)12(16)8-11/h3-8,13H,2,9H2,1H3/t13-/m0/s1. The molecular formula is C14H14ClFOS. The zero-order valence-corrected chi connectivity index (χ0v) is 11.6. The van der Waals surface area contributed by atoms with Crippen molar-refractivity contribution < 1.29 is 9.13 Å². The summed E-state index contributed by atoms with van der Waals surface area (Å²) in [6, 6.07) is 8.84. The Bertz CT molecular complexity index is 499. The van der Waals surface area contributed by atoms with Crippen molar-refractivity contribution in [3.63, 3.8) is 0 Å². The topological polar surface area (TPSA) is 9.23 Å². The van der Waals surface area contributed by atoms with Gasteiger partial charge in [-0.15, -0.1) is 22.9 Å². The highest BCUT2D eigenvalue weighted by Gasteiger charge is 2.13. The van der Waals surface area contributed by atoms with E-state index in [1.165, 1.54) is 6.07 Å². The second-order valence-electron chi connectivity index (χ2n) is 3.92. The Balaban J connectivity index is 2.15. The van der Waals surface area contributed by atoms with E-state index in [1.807, 2.05) is 24.4 Å². The van der Waals surface area contributed by atoms with Gasteiger partial charge in [-0.25, -0.2) is 4.39 Å². The maximum atomic E-state index is 13.6. The lowest BCUT2D eigenvalue weighted by Crippen LogP contribution is -2.05. The molecule has 0 saturated heterocycles. The van der Waals surface area contributed by atoms with Gasteiger partial charge in [-0.1, -0.05) is 19.1 Å². The minimum Gasteiger partial charge on any atom is -0.485 e. The van der Waals surface area contributed by atoms with Crippen LogP contribution in [0.15, 0.2) is 35.7 Å². The Labute approximate surface area is 115 Å². The summed E-state index contributed by atoms with van der Waals surface area (Å²) < 4.78 is 19.4. The summed E-state index contributed by atoms with van der Waals surface area (Å²) in [6.45, 7) is 2.05. The largest absolute Gasteiger partial charge is 0.485 e. The molecule has 96 valence electrons. The molecule has 1 nitrogen and oxygen atoms in total. The molecule has 0 N–H and O–H groups in total. The molecule has 0 saturated carbocycles. The lowest BCUT2D eigenvalue weighted by atomic mass is 10.2. The van der Waals surface area contributed by atoms with Gasteiger partial charge in [-0.05, 0) is 23.9 Å². The van der Waals surface area contributed by atoms with E-state index in [2.05, 4.69) is 0 Å². The average molecular weight is 285 g/mol. The van der Waals surface area contributed by atoms with Crippen LogP contribution in [0.4, 0.5) is 4.39 Å². The molecule has 1 heterocycles. The number of alkyl halides is 1. The highest BCUT2D eigenvalue weighted by atomic mass is 35.5. The summed E-state index contributed by atoms with van der Waals surface area (Å²) in [4.78, 5) is 1.15. The second-order valence-corrected chi connectivity index (χ2v) is 5.16. The third-order valence-corrected chi connectivity index (χ3v) is 3.93. The van der Waals surface area contributed by atoms with Crippen molar-refractivity contribution in [2.45, 2.75) is 25.3 Å². The Morgan fingerprint density at radius 3 is 2.78 bits per heavy atom. The molecule has 18 heavy (non-hydrogen) atoms. The molecule has 0 amide bonds. The Morgan fingerprint density at radius 1 is 1.39 bits per heavy atom. The number of halogens is 2. The van der Waals surface area contributed by atoms with Gasteiger partial charge in [-0.3, -0.25) is 0 Å². The van der Waals surface area contributed by atoms with E-state index in [-0.39, 0.29) is 17.8 Å². The van der Waals surface area contributed by atoms with Crippen LogP contribution in [-0.2, 0) is 5.88 Å². The van der Waals surface area contributed by atoms with Gasteiger partial charge in [-0.2, -0.15) is 0 Å². The molecule has 1 aromatic carbocycles. The first-order valence-corrected chi connectivity index (χ1v) is 7.20. The predicted octanol–water partition coefficient (Wildman–Crippen LogP) is 5.16. The number of ether oxygens (including phenoxy) is 1. The first kappa shape index (κ1) is 13.4. The zero-order chi connectivity index (χ0) is 13.0. The van der Waals surface area contributed by atoms with Gasteiger partial charge in [0.05, 0.1) is 5.88 Å². The lowest BCUT2D eigenvalue weighted by molar-refractivity contribution is 0.204. The fourth-order valence-corrected chi connectivity index (χ4v) is 2.75. The van der Waals surface area contributed by atoms with E-state index < -0.39 is 0 Å². The minimum atomic E-state index is -0.316. The maximum Gasteiger partial charge on any atom is 0.133 e. The van der Waals surface area contributed by atoms with E-state index in [0.29, 0.717) is 11.3 Å². The molecule has 0 aliphatic rings. The summed E-state index contributed by atoms with van der Waals surface area (Å²) in [6.07, 6.45) is 0.825. The third-order valence-electron chi connectivity index (χ3n) is 2.68. The molecule has 0 spiro atoms. The normalized spacial score (nSPS) is 12.4. The number of hydrogen-bond donors (Lipinski definition) is 0. The molecule has 1 aromatic heterocycles. The van der Waals surface area contributed by atoms with Crippen LogP contribution in [0.3, 0.4) is 0 Å². The Kier molecular flexibility index (Phi) is 4.61. The fraction of sp³-hybridized carbons (Fsp3) is 0.286. The zero-order valence-electron chi connectivity index (χ0n) is 10.0. The maximum absolute atomic E-state index is 13.6. The SMILES string of the molecule is CC[C@H](Oc1ccc(CCl)c(F)c1)c1cccs1. The van der Waals surface area contributed by atoms with Crippen molar-refractivity contribution in [3.05, 3.63) is 52.0 Å². The summed E-state index contributed by atoms with van der Waals surface area (Å²) in [5.74, 6) is 0.402. The van der Waals surface area contributed by atoms with Crippen molar-refractivity contribution >= 4 is 22.9 Å². The number of benzene rings is 1. The first-order chi connectivity index (χ1) is 8.74. The summed E-state index contributed by atoms with van der Waals surface area (Å²) in [7, 11) is 0. The van der Waals surface area contributed by atoms with Crippen LogP contribution in [0.2, 0.25) is 0 Å². The van der Waals surface area contributed by atoms with E-state index in [1.54, 1.807) is 23.5 Å². The molecule has 2 rings (SSSR count). The van der Waals surface area contributed by atoms with Gasteiger partial charge >= 0.3 is 0 Å². The molecule has 0 radical (unpaired) electrons. The van der Waals surface area contributed by atoms with Gasteiger partial charge in [0.1, 0.15) is 17.7 Å². The average Bonchev–Trinajstić information content (AvgIpc) is 2.90. The molecular weight excluding hydrogens is 271 g/mol. The lowest BCUT2D eigenvalue weighted by Gasteiger charge is -2.16. The number of rotatable bonds is 5. The van der Waals surface area contributed by atoms with Crippen molar-refractivity contribution in [2.24, 2.45) is 0 Å². The fourth-order valence-electron chi connectivity index (χ4n) is 1.69. The van der Waals surface area contributed by atoms with Crippen LogP contribution >= 0.6 is 22.9 Å². The minimum absolute atomic E-state index is 0.0220. The van der Waals surface area contributed by atoms with Crippen LogP contribution in [-0.4, -0.2) is 0 Å². The van der Waals surface area contributed by atoms with Gasteiger partial charge in [0.2, 0.25) is 0 Å². The molecule has 0 bridgehead atoms. The molecule has 0 aliphatic heterocycles. The molecule has 4 heteroatoms. The summed E-state index contributed by atoms with van der Waals surface area (Å²) >= 11 is 7.27. The van der Waals surface area contributed by atoms with Gasteiger partial charge in [0.25, 0.3) is 0 Å². The van der Waals surface area contributed by atoms with Crippen LogP contribution in [0.1, 0.15) is 29.9 Å². The third kappa shape index (κ3) is 3.03. The van der Waals surface area contributed by atoms with Crippen molar-refractivity contribution in [1.29, 1.82) is 0 Å². The summed E-state index contributed by atoms with van der Waals surface area (Å²) in [5.41, 5.74) is 0.494. The van der Waals surface area contributed by atoms with Gasteiger partial charge in [0.15, 0.2) is 0 Å². The van der Waals surface area contributed by atoms with Crippen molar-refractivity contribution in [3.8, 4) is 5.75 Å². The van der Waals surface area contributed by atoms with E-state index in [0.717, 1.165) is 11.3 Å². The van der Waals surface area contributed by atoms with Gasteiger partial charge < -0.3 is 4.74 Å². The molecule has 2 aromatic rings. The molecule has 0 unspecified atom stereocenters. The van der Waals surface area contributed by atoms with Gasteiger partial charge in [0, 0.05) is 16.5 Å². The number of thiophene rings is 1. The highest BCUT2D eigenvalue weighted by molar-refractivity contribution is 7.10. The van der Waals surface area contributed by atoms with Crippen molar-refractivity contribution in [2.75, 3.05) is 0 Å². The Hall–Kier alpha value is -1.06. The van der Waals surface area contributed by atoms with E-state index >= 15 is 0 Å². The monoisotopic (exact) mass is 284 g/mol. The predicted molar refractivity (Wildman–Crippen MR) is 73.9 cm³/mol.